The van der Waals surface area contributed by atoms with Crippen LogP contribution in [0.4, 0.5) is 0 Å². The first-order chi connectivity index (χ1) is 13.8. The van der Waals surface area contributed by atoms with Gasteiger partial charge in [0.25, 0.3) is 0 Å². The van der Waals surface area contributed by atoms with E-state index in [1.807, 2.05) is 0 Å². The zero-order valence-electron chi connectivity index (χ0n) is 16.7. The van der Waals surface area contributed by atoms with E-state index in [4.69, 9.17) is 4.74 Å². The number of hydrogen-bond acceptors (Lipinski definition) is 3. The molecule has 0 amide bonds. The predicted octanol–water partition coefficient (Wildman–Crippen LogP) is 3.94. The first-order valence-electron chi connectivity index (χ1n) is 11.1. The summed E-state index contributed by atoms with van der Waals surface area (Å²) >= 11 is 0. The van der Waals surface area contributed by atoms with Crippen molar-refractivity contribution >= 4 is 0 Å². The average Bonchev–Trinajstić information content (AvgIpc) is 3.32. The molecule has 6 rings (SSSR count). The fourth-order valence-electron chi connectivity index (χ4n) is 5.61. The lowest BCUT2D eigenvalue weighted by molar-refractivity contribution is -0.103. The molecule has 0 N–H and O–H groups in total. The summed E-state index contributed by atoms with van der Waals surface area (Å²) in [6, 6.07) is 16.0. The molecule has 1 spiro atoms. The Morgan fingerprint density at radius 3 is 2.71 bits per heavy atom. The number of nitrogens with zero attached hydrogens (tertiary/aromatic N) is 2. The van der Waals surface area contributed by atoms with Crippen molar-refractivity contribution in [2.24, 2.45) is 5.92 Å². The lowest BCUT2D eigenvalue weighted by atomic mass is 9.99. The monoisotopic (exact) mass is 374 g/mol. The molecular formula is C25H30N2O. The van der Waals surface area contributed by atoms with Gasteiger partial charge in [-0.05, 0) is 59.4 Å². The molecule has 0 aromatic heterocycles. The van der Waals surface area contributed by atoms with E-state index in [0.717, 1.165) is 45.1 Å². The third kappa shape index (κ3) is 3.20. The third-order valence-corrected chi connectivity index (χ3v) is 7.20. The summed E-state index contributed by atoms with van der Waals surface area (Å²) in [5, 5.41) is 0. The maximum atomic E-state index is 6.36. The Balaban J connectivity index is 1.14. The molecule has 3 fully saturated rings. The van der Waals surface area contributed by atoms with Crippen LogP contribution in [0.2, 0.25) is 0 Å². The molecule has 2 aliphatic carbocycles. The maximum Gasteiger partial charge on any atom is 0.0947 e. The second kappa shape index (κ2) is 6.69. The first kappa shape index (κ1) is 17.2. The molecule has 28 heavy (non-hydrogen) atoms. The Kier molecular flexibility index (Phi) is 4.11. The van der Waals surface area contributed by atoms with Crippen molar-refractivity contribution in [2.75, 3.05) is 39.3 Å². The minimum Gasteiger partial charge on any atom is -0.371 e. The van der Waals surface area contributed by atoms with Gasteiger partial charge in [0.15, 0.2) is 0 Å². The van der Waals surface area contributed by atoms with Gasteiger partial charge in [0.2, 0.25) is 0 Å². The number of hydrogen-bond donors (Lipinski definition) is 0. The van der Waals surface area contributed by atoms with Gasteiger partial charge < -0.3 is 9.64 Å². The molecule has 0 bridgehead atoms. The Labute approximate surface area is 168 Å². The average molecular weight is 375 g/mol. The molecular weight excluding hydrogens is 344 g/mol. The van der Waals surface area contributed by atoms with Crippen molar-refractivity contribution < 1.29 is 4.74 Å². The number of morpholine rings is 1. The van der Waals surface area contributed by atoms with Gasteiger partial charge in [-0.15, -0.1) is 0 Å². The van der Waals surface area contributed by atoms with Gasteiger partial charge in [0.1, 0.15) is 0 Å². The summed E-state index contributed by atoms with van der Waals surface area (Å²) in [6.07, 6.45) is 5.18. The molecule has 2 aliphatic heterocycles. The van der Waals surface area contributed by atoms with Gasteiger partial charge in [-0.3, -0.25) is 4.90 Å². The summed E-state index contributed by atoms with van der Waals surface area (Å²) in [5.74, 6) is 0.977. The van der Waals surface area contributed by atoms with Gasteiger partial charge in [0, 0.05) is 39.3 Å². The Hall–Kier alpha value is -1.68. The highest BCUT2D eigenvalue weighted by Crippen LogP contribution is 2.38. The Morgan fingerprint density at radius 1 is 0.929 bits per heavy atom. The van der Waals surface area contributed by atoms with E-state index in [0.29, 0.717) is 0 Å². The van der Waals surface area contributed by atoms with E-state index in [-0.39, 0.29) is 5.60 Å². The predicted molar refractivity (Wildman–Crippen MR) is 112 cm³/mol. The smallest absolute Gasteiger partial charge is 0.0947 e. The van der Waals surface area contributed by atoms with Crippen LogP contribution in [0.3, 0.4) is 0 Å². The van der Waals surface area contributed by atoms with Gasteiger partial charge in [-0.25, -0.2) is 0 Å². The first-order valence-corrected chi connectivity index (χ1v) is 11.1. The number of benzene rings is 2. The quantitative estimate of drug-likeness (QED) is 0.688. The lowest BCUT2D eigenvalue weighted by Gasteiger charge is -2.40. The largest absolute Gasteiger partial charge is 0.371 e. The van der Waals surface area contributed by atoms with Crippen LogP contribution < -0.4 is 0 Å². The fraction of sp³-hybridized carbons (Fsp3) is 0.520. The summed E-state index contributed by atoms with van der Waals surface area (Å²) in [5.41, 5.74) is 7.37. The second-order valence-corrected chi connectivity index (χ2v) is 9.50. The fourth-order valence-corrected chi connectivity index (χ4v) is 5.61. The van der Waals surface area contributed by atoms with Crippen molar-refractivity contribution in [3.63, 3.8) is 0 Å². The van der Waals surface area contributed by atoms with E-state index in [2.05, 4.69) is 52.3 Å². The summed E-state index contributed by atoms with van der Waals surface area (Å²) in [4.78, 5) is 5.29. The molecule has 146 valence electrons. The molecule has 4 aliphatic rings. The number of ether oxygens (including phenoxy) is 1. The van der Waals surface area contributed by atoms with Gasteiger partial charge in [0.05, 0.1) is 12.2 Å². The van der Waals surface area contributed by atoms with Crippen LogP contribution in [0.5, 0.6) is 0 Å². The van der Waals surface area contributed by atoms with Gasteiger partial charge >= 0.3 is 0 Å². The Bertz CT molecular complexity index is 890. The lowest BCUT2D eigenvalue weighted by Crippen LogP contribution is -2.53. The number of fused-ring (bicyclic) bond motifs is 3. The molecule has 1 saturated carbocycles. The highest BCUT2D eigenvalue weighted by molar-refractivity contribution is 5.76. The number of likely N-dealkylation sites (tertiary alicyclic amines) is 1. The Morgan fingerprint density at radius 2 is 1.79 bits per heavy atom. The standard InChI is InChI=1S/C25H30N2O/c1-2-4-23-21(3-1)14-22-13-20(7-8-24(22)23)16-27-11-12-28-25(18-27)9-10-26(17-25)15-19-5-6-19/h1-4,7-8,13,19H,5-6,9-12,14-18H2. The van der Waals surface area contributed by atoms with Crippen LogP contribution in [-0.2, 0) is 17.7 Å². The van der Waals surface area contributed by atoms with Crippen molar-refractivity contribution in [1.82, 2.24) is 9.80 Å². The van der Waals surface area contributed by atoms with Gasteiger partial charge in [-0.1, -0.05) is 42.5 Å². The summed E-state index contributed by atoms with van der Waals surface area (Å²) in [6.45, 7) is 7.75. The molecule has 2 heterocycles. The molecule has 1 atom stereocenters. The van der Waals surface area contributed by atoms with Crippen molar-refractivity contribution in [1.29, 1.82) is 0 Å². The minimum absolute atomic E-state index is 0.0834. The van der Waals surface area contributed by atoms with E-state index in [1.54, 1.807) is 0 Å². The zero-order chi connectivity index (χ0) is 18.6. The minimum atomic E-state index is 0.0834. The number of rotatable bonds is 4. The van der Waals surface area contributed by atoms with Crippen molar-refractivity contribution in [2.45, 2.75) is 37.8 Å². The molecule has 2 aromatic rings. The van der Waals surface area contributed by atoms with E-state index < -0.39 is 0 Å². The van der Waals surface area contributed by atoms with E-state index in [1.165, 1.54) is 60.2 Å². The van der Waals surface area contributed by atoms with Crippen molar-refractivity contribution in [3.05, 3.63) is 59.2 Å². The third-order valence-electron chi connectivity index (χ3n) is 7.20. The molecule has 3 heteroatoms. The molecule has 2 saturated heterocycles. The normalized spacial score (nSPS) is 27.3. The van der Waals surface area contributed by atoms with Gasteiger partial charge in [-0.2, -0.15) is 0 Å². The SMILES string of the molecule is c1ccc2c(c1)Cc1cc(CN3CCOC4(CCN(CC5CC5)C4)C3)ccc1-2. The molecule has 3 nitrogen and oxygen atoms in total. The van der Waals surface area contributed by atoms with Crippen LogP contribution >= 0.6 is 0 Å². The summed E-state index contributed by atoms with van der Waals surface area (Å²) in [7, 11) is 0. The van der Waals surface area contributed by atoms with Crippen LogP contribution in [0.25, 0.3) is 11.1 Å². The van der Waals surface area contributed by atoms with Crippen LogP contribution in [-0.4, -0.2) is 54.7 Å². The molecule has 2 aromatic carbocycles. The van der Waals surface area contributed by atoms with E-state index in [9.17, 15) is 0 Å². The topological polar surface area (TPSA) is 15.7 Å². The highest BCUT2D eigenvalue weighted by Gasteiger charge is 2.43. The maximum absolute atomic E-state index is 6.36. The summed E-state index contributed by atoms with van der Waals surface area (Å²) < 4.78 is 6.36. The van der Waals surface area contributed by atoms with Crippen LogP contribution in [0.1, 0.15) is 36.0 Å². The molecule has 0 radical (unpaired) electrons. The van der Waals surface area contributed by atoms with Crippen LogP contribution in [0, 0.1) is 5.92 Å². The highest BCUT2D eigenvalue weighted by atomic mass is 16.5. The van der Waals surface area contributed by atoms with Crippen molar-refractivity contribution in [3.8, 4) is 11.1 Å². The molecule has 1 unspecified atom stereocenters. The second-order valence-electron chi connectivity index (χ2n) is 9.50. The van der Waals surface area contributed by atoms with Crippen LogP contribution in [0.15, 0.2) is 42.5 Å². The zero-order valence-corrected chi connectivity index (χ0v) is 16.7. The van der Waals surface area contributed by atoms with E-state index >= 15 is 0 Å².